The number of hydrogen-bond acceptors (Lipinski definition) is 9. The number of fused-ring (bicyclic) bond motifs is 1. The lowest BCUT2D eigenvalue weighted by molar-refractivity contribution is -0.135. The van der Waals surface area contributed by atoms with Crippen molar-refractivity contribution < 1.29 is 19.4 Å². The number of aliphatic hydroxyl groups excluding tert-OH is 1. The van der Waals surface area contributed by atoms with E-state index in [0.29, 0.717) is 31.3 Å². The molecule has 5 rings (SSSR count). The van der Waals surface area contributed by atoms with Gasteiger partial charge in [-0.2, -0.15) is 0 Å². The van der Waals surface area contributed by atoms with Gasteiger partial charge in [0.1, 0.15) is 43.5 Å². The molecule has 1 amide bonds. The molecule has 0 radical (unpaired) electrons. The number of benzene rings is 2. The fraction of sp³-hybridized carbons (Fsp3) is 0.296. The van der Waals surface area contributed by atoms with E-state index in [2.05, 4.69) is 25.3 Å². The largest absolute Gasteiger partial charge is 0.491 e. The summed E-state index contributed by atoms with van der Waals surface area (Å²) in [4.78, 5) is 30.9. The molecular weight excluding hydrogens is 472 g/mol. The highest BCUT2D eigenvalue weighted by Crippen LogP contribution is 2.33. The Morgan fingerprint density at radius 1 is 1.14 bits per heavy atom. The third-order valence-electron chi connectivity index (χ3n) is 6.32. The second-order valence-corrected chi connectivity index (χ2v) is 8.82. The van der Waals surface area contributed by atoms with Gasteiger partial charge in [-0.1, -0.05) is 6.07 Å². The van der Waals surface area contributed by atoms with Crippen molar-refractivity contribution in [1.29, 1.82) is 0 Å². The molecule has 1 aliphatic rings. The topological polar surface area (TPSA) is 123 Å². The Hall–Kier alpha value is -4.31. The van der Waals surface area contributed by atoms with Gasteiger partial charge in [0.05, 0.1) is 28.8 Å². The predicted molar refractivity (Wildman–Crippen MR) is 138 cm³/mol. The van der Waals surface area contributed by atoms with E-state index >= 15 is 0 Å². The summed E-state index contributed by atoms with van der Waals surface area (Å²) in [6.45, 7) is 2.79. The fourth-order valence-corrected chi connectivity index (χ4v) is 4.49. The van der Waals surface area contributed by atoms with Crippen LogP contribution in [0.4, 0.5) is 11.5 Å². The van der Waals surface area contributed by atoms with Gasteiger partial charge < -0.3 is 24.8 Å². The summed E-state index contributed by atoms with van der Waals surface area (Å²) in [5.74, 6) is 1.73. The summed E-state index contributed by atoms with van der Waals surface area (Å²) < 4.78 is 12.1. The van der Waals surface area contributed by atoms with Gasteiger partial charge in [-0.15, -0.1) is 0 Å². The first-order valence-corrected chi connectivity index (χ1v) is 12.1. The summed E-state index contributed by atoms with van der Waals surface area (Å²) in [7, 11) is 0. The number of aromatic nitrogens is 4. The molecule has 10 heteroatoms. The number of likely N-dealkylation sites (tertiary alicyclic amines) is 1. The van der Waals surface area contributed by atoms with Crippen LogP contribution in [0.15, 0.2) is 61.3 Å². The Morgan fingerprint density at radius 3 is 2.86 bits per heavy atom. The third-order valence-corrected chi connectivity index (χ3v) is 6.32. The number of amides is 1. The fourth-order valence-electron chi connectivity index (χ4n) is 4.49. The molecule has 0 aliphatic carbocycles. The quantitative estimate of drug-likeness (QED) is 0.356. The molecule has 190 valence electrons. The second-order valence-electron chi connectivity index (χ2n) is 8.82. The first-order valence-electron chi connectivity index (χ1n) is 12.1. The van der Waals surface area contributed by atoms with Crippen molar-refractivity contribution in [3.05, 3.63) is 72.6 Å². The number of aryl methyl sites for hydroxylation is 1. The SMILES string of the molecule is Cc1cc(Nc2ncnc3cccc(OC[C@@H]4CCCN4C(=O)CO)c23)ccc1OCc1cnccn1. The number of nitrogens with one attached hydrogen (secondary N) is 1. The van der Waals surface area contributed by atoms with Crippen LogP contribution in [0.3, 0.4) is 0 Å². The summed E-state index contributed by atoms with van der Waals surface area (Å²) in [6, 6.07) is 11.4. The maximum absolute atomic E-state index is 12.0. The number of carbonyl (C=O) groups excluding carboxylic acids is 1. The van der Waals surface area contributed by atoms with E-state index in [-0.39, 0.29) is 11.9 Å². The maximum atomic E-state index is 12.0. The number of aliphatic hydroxyl groups is 1. The summed E-state index contributed by atoms with van der Waals surface area (Å²) in [5.41, 5.74) is 3.30. The van der Waals surface area contributed by atoms with Gasteiger partial charge in [0.25, 0.3) is 0 Å². The molecular formula is C27H28N6O4. The third kappa shape index (κ3) is 5.59. The minimum atomic E-state index is -0.490. The number of ether oxygens (including phenoxy) is 2. The Morgan fingerprint density at radius 2 is 2.05 bits per heavy atom. The van der Waals surface area contributed by atoms with E-state index in [0.717, 1.165) is 46.4 Å². The number of rotatable bonds is 9. The van der Waals surface area contributed by atoms with Crippen molar-refractivity contribution in [1.82, 2.24) is 24.8 Å². The highest BCUT2D eigenvalue weighted by Gasteiger charge is 2.29. The molecule has 1 aliphatic heterocycles. The number of hydrogen-bond donors (Lipinski definition) is 2. The minimum absolute atomic E-state index is 0.0759. The zero-order valence-electron chi connectivity index (χ0n) is 20.5. The zero-order valence-corrected chi connectivity index (χ0v) is 20.5. The summed E-state index contributed by atoms with van der Waals surface area (Å²) in [6.07, 6.45) is 8.19. The molecule has 1 saturated heterocycles. The molecule has 1 atom stereocenters. The van der Waals surface area contributed by atoms with E-state index in [4.69, 9.17) is 9.47 Å². The van der Waals surface area contributed by atoms with Crippen molar-refractivity contribution in [3.63, 3.8) is 0 Å². The van der Waals surface area contributed by atoms with Crippen LogP contribution in [0.5, 0.6) is 11.5 Å². The van der Waals surface area contributed by atoms with Gasteiger partial charge in [0.15, 0.2) is 0 Å². The van der Waals surface area contributed by atoms with Crippen molar-refractivity contribution in [2.24, 2.45) is 0 Å². The average molecular weight is 501 g/mol. The van der Waals surface area contributed by atoms with Gasteiger partial charge in [-0.25, -0.2) is 9.97 Å². The van der Waals surface area contributed by atoms with Crippen molar-refractivity contribution in [3.8, 4) is 11.5 Å². The van der Waals surface area contributed by atoms with Crippen molar-refractivity contribution in [2.75, 3.05) is 25.1 Å². The van der Waals surface area contributed by atoms with E-state index in [1.54, 1.807) is 23.5 Å². The molecule has 2 aromatic carbocycles. The van der Waals surface area contributed by atoms with E-state index in [1.807, 2.05) is 43.3 Å². The van der Waals surface area contributed by atoms with Gasteiger partial charge in [-0.3, -0.25) is 14.8 Å². The average Bonchev–Trinajstić information content (AvgIpc) is 3.40. The first kappa shape index (κ1) is 24.4. The molecule has 10 nitrogen and oxygen atoms in total. The molecule has 37 heavy (non-hydrogen) atoms. The molecule has 0 unspecified atom stereocenters. The van der Waals surface area contributed by atoms with Crippen LogP contribution < -0.4 is 14.8 Å². The molecule has 0 bridgehead atoms. The lowest BCUT2D eigenvalue weighted by atomic mass is 10.1. The van der Waals surface area contributed by atoms with Gasteiger partial charge in [0.2, 0.25) is 5.91 Å². The molecule has 4 aromatic rings. The Kier molecular flexibility index (Phi) is 7.36. The molecule has 1 fully saturated rings. The van der Waals surface area contributed by atoms with Gasteiger partial charge in [0, 0.05) is 24.6 Å². The monoisotopic (exact) mass is 500 g/mol. The first-order chi connectivity index (χ1) is 18.1. The van der Waals surface area contributed by atoms with E-state index in [1.165, 1.54) is 6.33 Å². The highest BCUT2D eigenvalue weighted by molar-refractivity contribution is 5.95. The van der Waals surface area contributed by atoms with E-state index in [9.17, 15) is 9.90 Å². The van der Waals surface area contributed by atoms with Crippen LogP contribution in [-0.4, -0.2) is 61.6 Å². The maximum Gasteiger partial charge on any atom is 0.248 e. The standard InChI is InChI=1S/C27H28N6O4/c1-18-12-19(7-8-23(18)36-15-20-13-28-9-10-29-20)32-27-26-22(30-17-31-27)5-2-6-24(26)37-16-21-4-3-11-33(21)25(35)14-34/h2,5-10,12-13,17,21,34H,3-4,11,14-16H2,1H3,(H,30,31,32)/t21-/m0/s1. The summed E-state index contributed by atoms with van der Waals surface area (Å²) >= 11 is 0. The lowest BCUT2D eigenvalue weighted by Gasteiger charge is -2.24. The Labute approximate surface area is 214 Å². The molecule has 2 N–H and O–H groups in total. The van der Waals surface area contributed by atoms with Crippen molar-refractivity contribution in [2.45, 2.75) is 32.4 Å². The van der Waals surface area contributed by atoms with Crippen LogP contribution in [0, 0.1) is 6.92 Å². The Bertz CT molecular complexity index is 1380. The van der Waals surface area contributed by atoms with Gasteiger partial charge in [-0.05, 0) is 55.7 Å². The number of carbonyl (C=O) groups is 1. The van der Waals surface area contributed by atoms with E-state index < -0.39 is 6.61 Å². The lowest BCUT2D eigenvalue weighted by Crippen LogP contribution is -2.40. The van der Waals surface area contributed by atoms with Crippen LogP contribution >= 0.6 is 0 Å². The number of anilines is 2. The smallest absolute Gasteiger partial charge is 0.248 e. The van der Waals surface area contributed by atoms with Crippen LogP contribution in [0.25, 0.3) is 10.9 Å². The molecule has 0 saturated carbocycles. The van der Waals surface area contributed by atoms with Crippen LogP contribution in [-0.2, 0) is 11.4 Å². The highest BCUT2D eigenvalue weighted by atomic mass is 16.5. The predicted octanol–water partition coefficient (Wildman–Crippen LogP) is 3.41. The summed E-state index contributed by atoms with van der Waals surface area (Å²) in [5, 5.41) is 13.4. The molecule has 2 aromatic heterocycles. The minimum Gasteiger partial charge on any atom is -0.491 e. The van der Waals surface area contributed by atoms with Crippen molar-refractivity contribution >= 4 is 28.3 Å². The molecule has 0 spiro atoms. The normalized spacial score (nSPS) is 15.1. The van der Waals surface area contributed by atoms with Crippen LogP contribution in [0.2, 0.25) is 0 Å². The zero-order chi connectivity index (χ0) is 25.6. The van der Waals surface area contributed by atoms with Crippen LogP contribution in [0.1, 0.15) is 24.1 Å². The Balaban J connectivity index is 1.33. The molecule has 3 heterocycles. The van der Waals surface area contributed by atoms with Gasteiger partial charge >= 0.3 is 0 Å². The number of nitrogens with zero attached hydrogens (tertiary/aromatic N) is 5. The second kappa shape index (κ2) is 11.2.